The monoisotopic (exact) mass is 331 g/mol. The SMILES string of the molecule is Cc1ccccc1NC(=O)C(C)N1CCCN(C(=O)C(C)C)CC1. The third kappa shape index (κ3) is 4.57. The van der Waals surface area contributed by atoms with Gasteiger partial charge in [0.2, 0.25) is 11.8 Å². The minimum absolute atomic E-state index is 0.00735. The fourth-order valence-corrected chi connectivity index (χ4v) is 3.03. The number of amides is 2. The number of benzene rings is 1. The Hall–Kier alpha value is -1.88. The molecule has 0 aromatic heterocycles. The molecule has 5 heteroatoms. The van der Waals surface area contributed by atoms with Crippen LogP contribution < -0.4 is 5.32 Å². The van der Waals surface area contributed by atoms with Gasteiger partial charge in [-0.15, -0.1) is 0 Å². The number of hydrogen-bond acceptors (Lipinski definition) is 3. The molecule has 0 bridgehead atoms. The highest BCUT2D eigenvalue weighted by Crippen LogP contribution is 2.15. The number of carbonyl (C=O) groups excluding carboxylic acids is 2. The summed E-state index contributed by atoms with van der Waals surface area (Å²) < 4.78 is 0. The van der Waals surface area contributed by atoms with Gasteiger partial charge in [0.1, 0.15) is 0 Å². The lowest BCUT2D eigenvalue weighted by molar-refractivity contribution is -0.134. The molecule has 132 valence electrons. The van der Waals surface area contributed by atoms with E-state index >= 15 is 0 Å². The molecule has 0 radical (unpaired) electrons. The molecule has 2 amide bonds. The maximum atomic E-state index is 12.6. The van der Waals surface area contributed by atoms with Crippen molar-refractivity contribution in [3.8, 4) is 0 Å². The molecule has 1 aliphatic heterocycles. The summed E-state index contributed by atoms with van der Waals surface area (Å²) in [6.45, 7) is 10.8. The van der Waals surface area contributed by atoms with Crippen molar-refractivity contribution in [1.82, 2.24) is 9.80 Å². The second kappa shape index (κ2) is 8.29. The first-order chi connectivity index (χ1) is 11.4. The highest BCUT2D eigenvalue weighted by molar-refractivity contribution is 5.95. The van der Waals surface area contributed by atoms with Crippen LogP contribution >= 0.6 is 0 Å². The summed E-state index contributed by atoms with van der Waals surface area (Å²) in [6.07, 6.45) is 0.903. The fourth-order valence-electron chi connectivity index (χ4n) is 3.03. The molecule has 0 spiro atoms. The van der Waals surface area contributed by atoms with Crippen molar-refractivity contribution in [2.24, 2.45) is 5.92 Å². The molecule has 1 aliphatic rings. The quantitative estimate of drug-likeness (QED) is 0.922. The molecule has 1 atom stereocenters. The van der Waals surface area contributed by atoms with Crippen LogP contribution in [0.25, 0.3) is 0 Å². The summed E-state index contributed by atoms with van der Waals surface area (Å²) in [4.78, 5) is 28.8. The highest BCUT2D eigenvalue weighted by Gasteiger charge is 2.26. The molecular weight excluding hydrogens is 302 g/mol. The van der Waals surface area contributed by atoms with E-state index in [-0.39, 0.29) is 23.8 Å². The number of para-hydroxylation sites is 1. The highest BCUT2D eigenvalue weighted by atomic mass is 16.2. The Kier molecular flexibility index (Phi) is 6.37. The summed E-state index contributed by atoms with van der Waals surface area (Å²) in [5, 5.41) is 3.02. The number of aryl methyl sites for hydroxylation is 1. The predicted molar refractivity (Wildman–Crippen MR) is 96.9 cm³/mol. The number of rotatable bonds is 4. The van der Waals surface area contributed by atoms with E-state index < -0.39 is 0 Å². The van der Waals surface area contributed by atoms with Gasteiger partial charge in [0.15, 0.2) is 0 Å². The lowest BCUT2D eigenvalue weighted by Gasteiger charge is -2.27. The summed E-state index contributed by atoms with van der Waals surface area (Å²) in [6, 6.07) is 7.59. The first kappa shape index (κ1) is 18.5. The topological polar surface area (TPSA) is 52.7 Å². The van der Waals surface area contributed by atoms with E-state index in [1.807, 2.05) is 56.9 Å². The van der Waals surface area contributed by atoms with Crippen molar-refractivity contribution in [2.45, 2.75) is 40.2 Å². The van der Waals surface area contributed by atoms with Crippen molar-refractivity contribution < 1.29 is 9.59 Å². The van der Waals surface area contributed by atoms with Crippen LogP contribution in [0.1, 0.15) is 32.8 Å². The van der Waals surface area contributed by atoms with Gasteiger partial charge in [-0.1, -0.05) is 32.0 Å². The van der Waals surface area contributed by atoms with Gasteiger partial charge in [-0.3, -0.25) is 14.5 Å². The molecule has 1 aromatic rings. The second-order valence-corrected chi connectivity index (χ2v) is 6.85. The largest absolute Gasteiger partial charge is 0.341 e. The van der Waals surface area contributed by atoms with Crippen molar-refractivity contribution in [3.63, 3.8) is 0 Å². The summed E-state index contributed by atoms with van der Waals surface area (Å²) in [7, 11) is 0. The van der Waals surface area contributed by atoms with Gasteiger partial charge in [0, 0.05) is 37.8 Å². The minimum Gasteiger partial charge on any atom is -0.341 e. The number of nitrogens with zero attached hydrogens (tertiary/aromatic N) is 2. The Bertz CT molecular complexity index is 586. The van der Waals surface area contributed by atoms with Gasteiger partial charge in [0.05, 0.1) is 6.04 Å². The van der Waals surface area contributed by atoms with Gasteiger partial charge in [-0.2, -0.15) is 0 Å². The van der Waals surface area contributed by atoms with E-state index in [9.17, 15) is 9.59 Å². The molecule has 1 aromatic carbocycles. The van der Waals surface area contributed by atoms with E-state index in [2.05, 4.69) is 10.2 Å². The van der Waals surface area contributed by atoms with Gasteiger partial charge in [0.25, 0.3) is 0 Å². The molecular formula is C19H29N3O2. The van der Waals surface area contributed by atoms with Gasteiger partial charge in [-0.25, -0.2) is 0 Å². The summed E-state index contributed by atoms with van der Waals surface area (Å²) in [5.41, 5.74) is 1.92. The molecule has 1 heterocycles. The lowest BCUT2D eigenvalue weighted by atomic mass is 10.2. The van der Waals surface area contributed by atoms with E-state index in [0.29, 0.717) is 6.54 Å². The zero-order valence-corrected chi connectivity index (χ0v) is 15.2. The molecule has 1 N–H and O–H groups in total. The Balaban J connectivity index is 1.94. The van der Waals surface area contributed by atoms with Crippen LogP contribution in [-0.4, -0.2) is 53.8 Å². The van der Waals surface area contributed by atoms with Crippen LogP contribution in [0.4, 0.5) is 5.69 Å². The standard InChI is InChI=1S/C19H29N3O2/c1-14(2)19(24)22-11-7-10-21(12-13-22)16(4)18(23)20-17-9-6-5-8-15(17)3/h5-6,8-9,14,16H,7,10-13H2,1-4H3,(H,20,23). The molecule has 1 saturated heterocycles. The average molecular weight is 331 g/mol. The Morgan fingerprint density at radius 2 is 1.75 bits per heavy atom. The van der Waals surface area contributed by atoms with Crippen LogP contribution in [0.5, 0.6) is 0 Å². The van der Waals surface area contributed by atoms with Crippen molar-refractivity contribution in [1.29, 1.82) is 0 Å². The third-order valence-corrected chi connectivity index (χ3v) is 4.67. The maximum Gasteiger partial charge on any atom is 0.241 e. The smallest absolute Gasteiger partial charge is 0.241 e. The fraction of sp³-hybridized carbons (Fsp3) is 0.579. The zero-order chi connectivity index (χ0) is 17.7. The van der Waals surface area contributed by atoms with E-state index in [0.717, 1.165) is 37.3 Å². The molecule has 5 nitrogen and oxygen atoms in total. The second-order valence-electron chi connectivity index (χ2n) is 6.85. The molecule has 0 aliphatic carbocycles. The number of anilines is 1. The lowest BCUT2D eigenvalue weighted by Crippen LogP contribution is -2.44. The zero-order valence-electron chi connectivity index (χ0n) is 15.2. The number of nitrogens with one attached hydrogen (secondary N) is 1. The molecule has 2 rings (SSSR count). The van der Waals surface area contributed by atoms with Crippen molar-refractivity contribution in [3.05, 3.63) is 29.8 Å². The normalized spacial score (nSPS) is 17.5. The van der Waals surface area contributed by atoms with E-state index in [4.69, 9.17) is 0 Å². The molecule has 0 saturated carbocycles. The summed E-state index contributed by atoms with van der Waals surface area (Å²) in [5.74, 6) is 0.236. The van der Waals surface area contributed by atoms with Crippen LogP contribution in [-0.2, 0) is 9.59 Å². The Labute approximate surface area is 145 Å². The first-order valence-corrected chi connectivity index (χ1v) is 8.79. The summed E-state index contributed by atoms with van der Waals surface area (Å²) >= 11 is 0. The van der Waals surface area contributed by atoms with Crippen LogP contribution in [0.15, 0.2) is 24.3 Å². The Morgan fingerprint density at radius 3 is 2.42 bits per heavy atom. The molecule has 1 fully saturated rings. The predicted octanol–water partition coefficient (Wildman–Crippen LogP) is 2.51. The van der Waals surface area contributed by atoms with E-state index in [1.165, 1.54) is 0 Å². The minimum atomic E-state index is -0.210. The Morgan fingerprint density at radius 1 is 1.04 bits per heavy atom. The third-order valence-electron chi connectivity index (χ3n) is 4.67. The molecule has 24 heavy (non-hydrogen) atoms. The van der Waals surface area contributed by atoms with Crippen LogP contribution in [0, 0.1) is 12.8 Å². The van der Waals surface area contributed by atoms with Crippen molar-refractivity contribution in [2.75, 3.05) is 31.5 Å². The molecule has 1 unspecified atom stereocenters. The van der Waals surface area contributed by atoms with Gasteiger partial charge < -0.3 is 10.2 Å². The van der Waals surface area contributed by atoms with Crippen LogP contribution in [0.3, 0.4) is 0 Å². The van der Waals surface area contributed by atoms with Crippen molar-refractivity contribution >= 4 is 17.5 Å². The maximum absolute atomic E-state index is 12.6. The number of carbonyl (C=O) groups is 2. The van der Waals surface area contributed by atoms with Crippen LogP contribution in [0.2, 0.25) is 0 Å². The number of hydrogen-bond donors (Lipinski definition) is 1. The van der Waals surface area contributed by atoms with Gasteiger partial charge in [-0.05, 0) is 31.9 Å². The first-order valence-electron chi connectivity index (χ1n) is 8.79. The average Bonchev–Trinajstić information content (AvgIpc) is 2.81. The van der Waals surface area contributed by atoms with Gasteiger partial charge >= 0.3 is 0 Å². The van der Waals surface area contributed by atoms with E-state index in [1.54, 1.807) is 0 Å².